The zero-order valence-electron chi connectivity index (χ0n) is 17.9. The summed E-state index contributed by atoms with van der Waals surface area (Å²) in [5.41, 5.74) is 1.25. The van der Waals surface area contributed by atoms with Gasteiger partial charge in [0, 0.05) is 3.57 Å². The molecule has 33 heavy (non-hydrogen) atoms. The van der Waals surface area contributed by atoms with Crippen molar-refractivity contribution in [1.29, 1.82) is 0 Å². The van der Waals surface area contributed by atoms with Crippen molar-refractivity contribution in [2.45, 2.75) is 17.9 Å². The molecule has 0 aliphatic carbocycles. The quantitative estimate of drug-likeness (QED) is 0.427. The Balaban J connectivity index is 1.56. The Kier molecular flexibility index (Phi) is 7.08. The lowest BCUT2D eigenvalue weighted by Gasteiger charge is -2.25. The molecule has 0 spiro atoms. The van der Waals surface area contributed by atoms with Gasteiger partial charge in [-0.1, -0.05) is 24.3 Å². The monoisotopic (exact) mass is 578 g/mol. The molecule has 9 heteroatoms. The van der Waals surface area contributed by atoms with E-state index in [0.29, 0.717) is 30.4 Å². The van der Waals surface area contributed by atoms with Crippen LogP contribution in [0.15, 0.2) is 77.7 Å². The van der Waals surface area contributed by atoms with E-state index >= 15 is 0 Å². The highest BCUT2D eigenvalue weighted by Gasteiger charge is 2.27. The normalized spacial score (nSPS) is 13.8. The van der Waals surface area contributed by atoms with E-state index in [1.54, 1.807) is 42.5 Å². The van der Waals surface area contributed by atoms with Crippen LogP contribution in [0.1, 0.15) is 18.5 Å². The summed E-state index contributed by atoms with van der Waals surface area (Å²) in [7, 11) is -3.94. The average molecular weight is 578 g/mol. The molecule has 1 heterocycles. The fourth-order valence-electron chi connectivity index (χ4n) is 3.47. The summed E-state index contributed by atoms with van der Waals surface area (Å²) in [5.74, 6) is 0.879. The number of fused-ring (bicyclic) bond motifs is 1. The molecule has 0 fully saturated rings. The molecule has 1 aliphatic rings. The van der Waals surface area contributed by atoms with E-state index in [1.165, 1.54) is 12.1 Å². The zero-order valence-corrected chi connectivity index (χ0v) is 20.9. The van der Waals surface area contributed by atoms with Gasteiger partial charge in [0.2, 0.25) is 5.91 Å². The van der Waals surface area contributed by atoms with Gasteiger partial charge in [0.05, 0.1) is 16.6 Å². The number of benzene rings is 3. The average Bonchev–Trinajstić information content (AvgIpc) is 2.83. The Labute approximate surface area is 206 Å². The minimum Gasteiger partial charge on any atom is -0.486 e. The summed E-state index contributed by atoms with van der Waals surface area (Å²) in [6, 6.07) is 20.2. The summed E-state index contributed by atoms with van der Waals surface area (Å²) in [4.78, 5) is 13.1. The van der Waals surface area contributed by atoms with Gasteiger partial charge in [0.15, 0.2) is 11.5 Å². The van der Waals surface area contributed by atoms with E-state index in [0.717, 1.165) is 13.4 Å². The summed E-state index contributed by atoms with van der Waals surface area (Å²) >= 11 is 2.15. The number of carbonyl (C=O) groups is 1. The van der Waals surface area contributed by atoms with Crippen LogP contribution < -0.4 is 19.1 Å². The molecule has 1 amide bonds. The molecule has 0 saturated heterocycles. The first kappa shape index (κ1) is 23.4. The summed E-state index contributed by atoms with van der Waals surface area (Å²) in [6.45, 7) is 2.46. The van der Waals surface area contributed by atoms with E-state index in [9.17, 15) is 13.2 Å². The second-order valence-corrected chi connectivity index (χ2v) is 10.6. The molecule has 0 unspecified atom stereocenters. The lowest BCUT2D eigenvalue weighted by Crippen LogP contribution is -2.41. The van der Waals surface area contributed by atoms with Gasteiger partial charge < -0.3 is 14.8 Å². The molecule has 1 N–H and O–H groups in total. The lowest BCUT2D eigenvalue weighted by molar-refractivity contribution is -0.120. The molecule has 7 nitrogen and oxygen atoms in total. The van der Waals surface area contributed by atoms with Crippen LogP contribution in [0.5, 0.6) is 11.5 Å². The first-order valence-electron chi connectivity index (χ1n) is 10.4. The van der Waals surface area contributed by atoms with Crippen LogP contribution in [0.25, 0.3) is 0 Å². The minimum absolute atomic E-state index is 0.122. The molecule has 3 aromatic carbocycles. The second-order valence-electron chi connectivity index (χ2n) is 7.49. The first-order valence-corrected chi connectivity index (χ1v) is 12.9. The van der Waals surface area contributed by atoms with Crippen molar-refractivity contribution in [2.75, 3.05) is 24.1 Å². The van der Waals surface area contributed by atoms with Crippen LogP contribution in [0.3, 0.4) is 0 Å². The Morgan fingerprint density at radius 3 is 2.36 bits per heavy atom. The van der Waals surface area contributed by atoms with Crippen LogP contribution >= 0.6 is 22.6 Å². The third kappa shape index (κ3) is 5.41. The van der Waals surface area contributed by atoms with Crippen LogP contribution in [0, 0.1) is 3.57 Å². The maximum Gasteiger partial charge on any atom is 0.264 e. The predicted molar refractivity (Wildman–Crippen MR) is 134 cm³/mol. The molecule has 0 bridgehead atoms. The lowest BCUT2D eigenvalue weighted by atomic mass is 10.1. The van der Waals surface area contributed by atoms with Gasteiger partial charge in [0.1, 0.15) is 19.8 Å². The number of ether oxygens (including phenoxy) is 2. The van der Waals surface area contributed by atoms with E-state index in [-0.39, 0.29) is 17.5 Å². The third-order valence-corrected chi connectivity index (χ3v) is 7.68. The van der Waals surface area contributed by atoms with Crippen molar-refractivity contribution in [1.82, 2.24) is 5.32 Å². The SMILES string of the molecule is C[C@@H](NC(=O)CN(c1ccc(I)cc1)S(=O)(=O)c1ccccc1)c1ccc2c(c1)OCCO2. The van der Waals surface area contributed by atoms with E-state index in [2.05, 4.69) is 27.9 Å². The number of carbonyl (C=O) groups excluding carboxylic acids is 1. The predicted octanol–water partition coefficient (Wildman–Crippen LogP) is 4.14. The maximum atomic E-state index is 13.4. The molecule has 0 radical (unpaired) electrons. The van der Waals surface area contributed by atoms with Crippen molar-refractivity contribution in [2.24, 2.45) is 0 Å². The summed E-state index contributed by atoms with van der Waals surface area (Å²) in [6.07, 6.45) is 0. The Bertz CT molecular complexity index is 1230. The van der Waals surface area contributed by atoms with Gasteiger partial charge in [0.25, 0.3) is 10.0 Å². The number of halogens is 1. The van der Waals surface area contributed by atoms with Crippen LogP contribution in [0.2, 0.25) is 0 Å². The van der Waals surface area contributed by atoms with Crippen LogP contribution in [-0.4, -0.2) is 34.1 Å². The number of anilines is 1. The van der Waals surface area contributed by atoms with Gasteiger partial charge in [-0.25, -0.2) is 8.42 Å². The maximum absolute atomic E-state index is 13.4. The smallest absolute Gasteiger partial charge is 0.264 e. The van der Waals surface area contributed by atoms with Gasteiger partial charge in [-0.2, -0.15) is 0 Å². The largest absolute Gasteiger partial charge is 0.486 e. The Hall–Kier alpha value is -2.79. The molecular formula is C24H23IN2O5S. The zero-order chi connectivity index (χ0) is 23.4. The van der Waals surface area contributed by atoms with Crippen molar-refractivity contribution >= 4 is 44.2 Å². The first-order chi connectivity index (χ1) is 15.8. The second kappa shape index (κ2) is 10.0. The molecule has 3 aromatic rings. The molecule has 172 valence electrons. The minimum atomic E-state index is -3.94. The third-order valence-electron chi connectivity index (χ3n) is 5.18. The fraction of sp³-hybridized carbons (Fsp3) is 0.208. The number of rotatable bonds is 7. The highest BCUT2D eigenvalue weighted by Crippen LogP contribution is 2.32. The topological polar surface area (TPSA) is 84.9 Å². The van der Waals surface area contributed by atoms with Crippen molar-refractivity contribution in [3.63, 3.8) is 0 Å². The number of hydrogen-bond acceptors (Lipinski definition) is 5. The highest BCUT2D eigenvalue weighted by molar-refractivity contribution is 14.1. The number of sulfonamides is 1. The van der Waals surface area contributed by atoms with Crippen molar-refractivity contribution in [3.05, 3.63) is 81.9 Å². The van der Waals surface area contributed by atoms with Gasteiger partial charge >= 0.3 is 0 Å². The Morgan fingerprint density at radius 2 is 1.67 bits per heavy atom. The summed E-state index contributed by atoms with van der Waals surface area (Å²) < 4.78 is 40.0. The molecular weight excluding hydrogens is 555 g/mol. The molecule has 1 atom stereocenters. The van der Waals surface area contributed by atoms with Gasteiger partial charge in [-0.3, -0.25) is 9.10 Å². The standard InChI is InChI=1S/C24H23IN2O5S/c1-17(18-7-12-22-23(15-18)32-14-13-31-22)26-24(28)16-27(20-10-8-19(25)9-11-20)33(29,30)21-5-3-2-4-6-21/h2-12,15,17H,13-14,16H2,1H3,(H,26,28)/t17-/m1/s1. The number of amides is 1. The fourth-order valence-corrected chi connectivity index (χ4v) is 5.27. The molecule has 1 aliphatic heterocycles. The van der Waals surface area contributed by atoms with Gasteiger partial charge in [-0.05, 0) is 83.6 Å². The van der Waals surface area contributed by atoms with Crippen molar-refractivity contribution < 1.29 is 22.7 Å². The molecule has 4 rings (SSSR count). The summed E-state index contributed by atoms with van der Waals surface area (Å²) in [5, 5.41) is 2.90. The molecule has 0 aromatic heterocycles. The number of hydrogen-bond donors (Lipinski definition) is 1. The molecule has 0 saturated carbocycles. The number of nitrogens with zero attached hydrogens (tertiary/aromatic N) is 1. The van der Waals surface area contributed by atoms with E-state index in [4.69, 9.17) is 9.47 Å². The van der Waals surface area contributed by atoms with Crippen LogP contribution in [-0.2, 0) is 14.8 Å². The Morgan fingerprint density at radius 1 is 1.00 bits per heavy atom. The van der Waals surface area contributed by atoms with E-state index in [1.807, 2.05) is 25.1 Å². The van der Waals surface area contributed by atoms with Gasteiger partial charge in [-0.15, -0.1) is 0 Å². The highest BCUT2D eigenvalue weighted by atomic mass is 127. The number of nitrogens with one attached hydrogen (secondary N) is 1. The van der Waals surface area contributed by atoms with Crippen LogP contribution in [0.4, 0.5) is 5.69 Å². The van der Waals surface area contributed by atoms with Crippen molar-refractivity contribution in [3.8, 4) is 11.5 Å². The van der Waals surface area contributed by atoms with E-state index < -0.39 is 15.9 Å².